The Morgan fingerprint density at radius 1 is 1.17 bits per heavy atom. The van der Waals surface area contributed by atoms with Gasteiger partial charge in [0.25, 0.3) is 0 Å². The summed E-state index contributed by atoms with van der Waals surface area (Å²) in [6.07, 6.45) is 3.40. The van der Waals surface area contributed by atoms with Gasteiger partial charge in [-0.1, -0.05) is 19.9 Å². The number of aromatic amines is 2. The van der Waals surface area contributed by atoms with E-state index in [0.29, 0.717) is 11.8 Å². The minimum absolute atomic E-state index is 0.141. The first kappa shape index (κ1) is 21.5. The molecule has 11 heteroatoms. The second-order valence-electron chi connectivity index (χ2n) is 9.59. The van der Waals surface area contributed by atoms with E-state index >= 15 is 0 Å². The van der Waals surface area contributed by atoms with E-state index in [0.717, 1.165) is 29.8 Å². The van der Waals surface area contributed by atoms with Gasteiger partial charge in [0.15, 0.2) is 0 Å². The van der Waals surface area contributed by atoms with Crippen molar-refractivity contribution in [3.05, 3.63) is 81.4 Å². The van der Waals surface area contributed by atoms with E-state index in [9.17, 15) is 13.6 Å². The molecule has 6 rings (SSSR count). The number of hydrogen-bond donors (Lipinski definition) is 3. The smallest absolute Gasteiger partial charge is 0.340 e. The summed E-state index contributed by atoms with van der Waals surface area (Å²) in [5.74, 6) is -0.357. The Morgan fingerprint density at radius 2 is 1.97 bits per heavy atom. The number of anilines is 1. The average molecular weight is 476 g/mol. The molecule has 4 aromatic rings. The summed E-state index contributed by atoms with van der Waals surface area (Å²) in [6.45, 7) is 4.61. The summed E-state index contributed by atoms with van der Waals surface area (Å²) >= 11 is 0. The van der Waals surface area contributed by atoms with Crippen LogP contribution in [0.5, 0.6) is 0 Å². The molecule has 2 aliphatic rings. The zero-order chi connectivity index (χ0) is 24.4. The van der Waals surface area contributed by atoms with E-state index in [1.165, 1.54) is 18.2 Å². The first-order chi connectivity index (χ1) is 16.8. The number of aromatic nitrogens is 7. The molecule has 3 heterocycles. The summed E-state index contributed by atoms with van der Waals surface area (Å²) in [4.78, 5) is 23.0. The highest BCUT2D eigenvalue weighted by Crippen LogP contribution is 2.69. The SMILES string of the molecule is CC1(C)[C@H]2CC[C@@]1(c1ccnc(NCc3n[nH]c(=O)[nH]3)n1)c1nnc(-c3c(F)cccc3F)cc12. The minimum Gasteiger partial charge on any atom is -0.347 e. The van der Waals surface area contributed by atoms with Gasteiger partial charge in [-0.05, 0) is 54.0 Å². The van der Waals surface area contributed by atoms with Crippen LogP contribution in [0.15, 0.2) is 41.3 Å². The van der Waals surface area contributed by atoms with Crippen LogP contribution in [0.25, 0.3) is 11.3 Å². The fraction of sp³-hybridized carbons (Fsp3) is 0.333. The highest BCUT2D eigenvalue weighted by molar-refractivity contribution is 5.64. The summed E-state index contributed by atoms with van der Waals surface area (Å²) in [6, 6.07) is 7.44. The molecule has 0 unspecified atom stereocenters. The van der Waals surface area contributed by atoms with Crippen molar-refractivity contribution in [2.45, 2.75) is 44.6 Å². The van der Waals surface area contributed by atoms with Gasteiger partial charge < -0.3 is 5.32 Å². The van der Waals surface area contributed by atoms with Crippen LogP contribution in [0.2, 0.25) is 0 Å². The van der Waals surface area contributed by atoms with Crippen molar-refractivity contribution < 1.29 is 8.78 Å². The molecule has 178 valence electrons. The topological polar surface area (TPSA) is 125 Å². The first-order valence-corrected chi connectivity index (χ1v) is 11.3. The van der Waals surface area contributed by atoms with Crippen molar-refractivity contribution in [2.24, 2.45) is 5.41 Å². The zero-order valence-electron chi connectivity index (χ0n) is 19.1. The summed E-state index contributed by atoms with van der Waals surface area (Å²) in [5, 5.41) is 18.1. The van der Waals surface area contributed by atoms with E-state index in [2.05, 4.69) is 49.5 Å². The minimum atomic E-state index is -0.666. The summed E-state index contributed by atoms with van der Waals surface area (Å²) < 4.78 is 28.9. The maximum Gasteiger partial charge on any atom is 0.340 e. The van der Waals surface area contributed by atoms with Crippen LogP contribution in [-0.2, 0) is 12.0 Å². The molecule has 3 aromatic heterocycles. The fourth-order valence-corrected chi connectivity index (χ4v) is 5.99. The summed E-state index contributed by atoms with van der Waals surface area (Å²) in [7, 11) is 0. The zero-order valence-corrected chi connectivity index (χ0v) is 19.1. The average Bonchev–Trinajstić information content (AvgIpc) is 3.43. The maximum absolute atomic E-state index is 14.5. The fourth-order valence-electron chi connectivity index (χ4n) is 5.99. The molecule has 1 aromatic carbocycles. The lowest BCUT2D eigenvalue weighted by atomic mass is 9.66. The molecule has 2 bridgehead atoms. The van der Waals surface area contributed by atoms with Crippen molar-refractivity contribution in [3.8, 4) is 11.3 Å². The Kier molecular flexibility index (Phi) is 4.60. The quantitative estimate of drug-likeness (QED) is 0.403. The molecular formula is C24H22F2N8O. The molecule has 0 saturated heterocycles. The third-order valence-corrected chi connectivity index (χ3v) is 7.66. The predicted octanol–water partition coefficient (Wildman–Crippen LogP) is 3.44. The second kappa shape index (κ2) is 7.49. The van der Waals surface area contributed by atoms with E-state index < -0.39 is 17.0 Å². The monoisotopic (exact) mass is 476 g/mol. The Morgan fingerprint density at radius 3 is 2.71 bits per heavy atom. The second-order valence-corrected chi connectivity index (χ2v) is 9.59. The number of rotatable bonds is 5. The van der Waals surface area contributed by atoms with Crippen LogP contribution < -0.4 is 11.0 Å². The standard InChI is InChI=1S/C24H22F2N8O/c1-23(2)13-6-8-24(23,17-7-9-27-21(29-17)28-11-18-30-22(35)34-32-18)20-12(13)10-16(31-33-20)19-14(25)4-3-5-15(19)26/h3-5,7,9-10,13H,6,8,11H2,1-2H3,(H,27,28,29)(H2,30,32,34,35)/t13-,24+/m0/s1. The third kappa shape index (κ3) is 3.03. The molecule has 9 nitrogen and oxygen atoms in total. The lowest BCUT2D eigenvalue weighted by Crippen LogP contribution is -2.38. The first-order valence-electron chi connectivity index (χ1n) is 11.3. The Hall–Kier alpha value is -4.02. The van der Waals surface area contributed by atoms with Gasteiger partial charge in [0, 0.05) is 6.20 Å². The normalized spacial score (nSPS) is 21.8. The van der Waals surface area contributed by atoms with E-state index in [-0.39, 0.29) is 34.8 Å². The van der Waals surface area contributed by atoms with Crippen LogP contribution in [0.4, 0.5) is 14.7 Å². The molecule has 0 aliphatic heterocycles. The highest BCUT2D eigenvalue weighted by Gasteiger charge is 2.65. The van der Waals surface area contributed by atoms with Crippen LogP contribution in [0.3, 0.4) is 0 Å². The molecule has 2 atom stereocenters. The van der Waals surface area contributed by atoms with Gasteiger partial charge in [0.1, 0.15) is 17.5 Å². The number of benzene rings is 1. The molecular weight excluding hydrogens is 454 g/mol. The van der Waals surface area contributed by atoms with Crippen LogP contribution in [-0.4, -0.2) is 35.3 Å². The number of fused-ring (bicyclic) bond motifs is 5. The van der Waals surface area contributed by atoms with E-state index in [4.69, 9.17) is 4.98 Å². The molecule has 0 spiro atoms. The molecule has 0 radical (unpaired) electrons. The molecule has 1 saturated carbocycles. The van der Waals surface area contributed by atoms with Gasteiger partial charge in [-0.25, -0.2) is 28.6 Å². The third-order valence-electron chi connectivity index (χ3n) is 7.66. The van der Waals surface area contributed by atoms with Crippen LogP contribution in [0.1, 0.15) is 55.4 Å². The molecule has 0 amide bonds. The predicted molar refractivity (Wildman–Crippen MR) is 122 cm³/mol. The van der Waals surface area contributed by atoms with Crippen molar-refractivity contribution >= 4 is 5.95 Å². The van der Waals surface area contributed by atoms with Crippen molar-refractivity contribution in [2.75, 3.05) is 5.32 Å². The van der Waals surface area contributed by atoms with Gasteiger partial charge in [0.05, 0.1) is 34.6 Å². The number of H-pyrrole nitrogens is 2. The maximum atomic E-state index is 14.5. The van der Waals surface area contributed by atoms with Crippen molar-refractivity contribution in [3.63, 3.8) is 0 Å². The molecule has 2 aliphatic carbocycles. The number of nitrogens with one attached hydrogen (secondary N) is 3. The Balaban J connectivity index is 1.41. The number of hydrogen-bond acceptors (Lipinski definition) is 7. The number of halogens is 2. The van der Waals surface area contributed by atoms with Gasteiger partial charge >= 0.3 is 5.69 Å². The van der Waals surface area contributed by atoms with Crippen molar-refractivity contribution in [1.82, 2.24) is 35.3 Å². The van der Waals surface area contributed by atoms with E-state index in [1.54, 1.807) is 12.3 Å². The van der Waals surface area contributed by atoms with Gasteiger partial charge in [0.2, 0.25) is 5.95 Å². The van der Waals surface area contributed by atoms with E-state index in [1.807, 2.05) is 6.07 Å². The largest absolute Gasteiger partial charge is 0.347 e. The van der Waals surface area contributed by atoms with Gasteiger partial charge in [-0.3, -0.25) is 4.98 Å². The lowest BCUT2D eigenvalue weighted by molar-refractivity contribution is 0.243. The molecule has 35 heavy (non-hydrogen) atoms. The Labute approximate surface area is 198 Å². The molecule has 3 N–H and O–H groups in total. The highest BCUT2D eigenvalue weighted by atomic mass is 19.1. The number of nitrogens with zero attached hydrogens (tertiary/aromatic N) is 5. The van der Waals surface area contributed by atoms with Crippen LogP contribution in [0, 0.1) is 17.0 Å². The van der Waals surface area contributed by atoms with Crippen LogP contribution >= 0.6 is 0 Å². The summed E-state index contributed by atoms with van der Waals surface area (Å²) in [5.41, 5.74) is 1.41. The van der Waals surface area contributed by atoms with Gasteiger partial charge in [-0.15, -0.1) is 5.10 Å². The Bertz CT molecular complexity index is 1490. The lowest BCUT2D eigenvalue weighted by Gasteiger charge is -2.37. The molecule has 1 fully saturated rings. The van der Waals surface area contributed by atoms with Crippen molar-refractivity contribution in [1.29, 1.82) is 0 Å². The van der Waals surface area contributed by atoms with Gasteiger partial charge in [-0.2, -0.15) is 10.2 Å².